The van der Waals surface area contributed by atoms with Gasteiger partial charge in [0.15, 0.2) is 0 Å². The number of anilines is 1. The van der Waals surface area contributed by atoms with Gasteiger partial charge in [-0.2, -0.15) is 0 Å². The maximum Gasteiger partial charge on any atom is 0.257 e. The van der Waals surface area contributed by atoms with Crippen molar-refractivity contribution in [3.05, 3.63) is 23.5 Å². The van der Waals surface area contributed by atoms with Crippen LogP contribution in [0.25, 0.3) is 0 Å². The van der Waals surface area contributed by atoms with E-state index >= 15 is 0 Å². The van der Waals surface area contributed by atoms with Gasteiger partial charge < -0.3 is 10.2 Å². The van der Waals surface area contributed by atoms with Crippen LogP contribution in [0.2, 0.25) is 0 Å². The van der Waals surface area contributed by atoms with Crippen molar-refractivity contribution in [1.29, 1.82) is 0 Å². The van der Waals surface area contributed by atoms with Crippen molar-refractivity contribution in [3.63, 3.8) is 0 Å². The molecule has 4 nitrogen and oxygen atoms in total. The molecule has 0 bridgehead atoms. The Morgan fingerprint density at radius 2 is 2.24 bits per heavy atom. The Labute approximate surface area is 127 Å². The summed E-state index contributed by atoms with van der Waals surface area (Å²) in [5, 5.41) is 3.36. The van der Waals surface area contributed by atoms with Crippen molar-refractivity contribution in [2.24, 2.45) is 5.92 Å². The molecule has 1 unspecified atom stereocenters. The monoisotopic (exact) mass is 289 g/mol. The SMILES string of the molecule is CCCNc1cc(C)ncc1C(=O)N1CCCC(C)CC1. The van der Waals surface area contributed by atoms with E-state index in [4.69, 9.17) is 0 Å². The first-order valence-corrected chi connectivity index (χ1v) is 8.11. The van der Waals surface area contributed by atoms with E-state index in [1.165, 1.54) is 6.42 Å². The number of pyridine rings is 1. The van der Waals surface area contributed by atoms with Gasteiger partial charge in [0.2, 0.25) is 0 Å². The lowest BCUT2D eigenvalue weighted by Gasteiger charge is -2.22. The molecule has 21 heavy (non-hydrogen) atoms. The average Bonchev–Trinajstić information content (AvgIpc) is 2.69. The van der Waals surface area contributed by atoms with Crippen LogP contribution >= 0.6 is 0 Å². The van der Waals surface area contributed by atoms with Crippen molar-refractivity contribution in [1.82, 2.24) is 9.88 Å². The Bertz CT molecular complexity index is 487. The van der Waals surface area contributed by atoms with Gasteiger partial charge in [0.25, 0.3) is 5.91 Å². The van der Waals surface area contributed by atoms with Crippen LogP contribution in [0.3, 0.4) is 0 Å². The molecular formula is C17H27N3O. The Kier molecular flexibility index (Phi) is 5.59. The van der Waals surface area contributed by atoms with Crippen LogP contribution in [0.4, 0.5) is 5.69 Å². The second-order valence-electron chi connectivity index (χ2n) is 6.13. The van der Waals surface area contributed by atoms with Crippen LogP contribution in [0.5, 0.6) is 0 Å². The summed E-state index contributed by atoms with van der Waals surface area (Å²) in [6.07, 6.45) is 6.18. The molecule has 0 saturated carbocycles. The first kappa shape index (κ1) is 15.8. The summed E-state index contributed by atoms with van der Waals surface area (Å²) < 4.78 is 0. The van der Waals surface area contributed by atoms with Crippen LogP contribution in [0.1, 0.15) is 55.6 Å². The molecule has 1 aliphatic heterocycles. The molecule has 2 heterocycles. The summed E-state index contributed by atoms with van der Waals surface area (Å²) in [4.78, 5) is 19.1. The summed E-state index contributed by atoms with van der Waals surface area (Å²) in [5.74, 6) is 0.840. The fraction of sp³-hybridized carbons (Fsp3) is 0.647. The first-order chi connectivity index (χ1) is 10.1. The van der Waals surface area contributed by atoms with E-state index in [1.807, 2.05) is 17.9 Å². The molecule has 1 atom stereocenters. The van der Waals surface area contributed by atoms with Crippen molar-refractivity contribution < 1.29 is 4.79 Å². The topological polar surface area (TPSA) is 45.2 Å². The second kappa shape index (κ2) is 7.43. The molecule has 2 rings (SSSR count). The Balaban J connectivity index is 2.17. The molecule has 1 saturated heterocycles. The minimum Gasteiger partial charge on any atom is -0.384 e. The molecule has 0 radical (unpaired) electrons. The molecule has 1 fully saturated rings. The van der Waals surface area contributed by atoms with E-state index in [1.54, 1.807) is 6.20 Å². The maximum atomic E-state index is 12.8. The number of amides is 1. The lowest BCUT2D eigenvalue weighted by atomic mass is 10.0. The van der Waals surface area contributed by atoms with Gasteiger partial charge in [-0.05, 0) is 44.6 Å². The van der Waals surface area contributed by atoms with Gasteiger partial charge in [-0.1, -0.05) is 13.8 Å². The molecule has 1 aromatic rings. The van der Waals surface area contributed by atoms with Crippen LogP contribution in [-0.4, -0.2) is 35.4 Å². The molecule has 1 amide bonds. The van der Waals surface area contributed by atoms with Crippen LogP contribution < -0.4 is 5.32 Å². The lowest BCUT2D eigenvalue weighted by molar-refractivity contribution is 0.0761. The summed E-state index contributed by atoms with van der Waals surface area (Å²) >= 11 is 0. The molecule has 1 aliphatic rings. The zero-order valence-corrected chi connectivity index (χ0v) is 13.5. The molecule has 1 N–H and O–H groups in total. The summed E-state index contributed by atoms with van der Waals surface area (Å²) in [6.45, 7) is 8.96. The number of aromatic nitrogens is 1. The Morgan fingerprint density at radius 3 is 3.00 bits per heavy atom. The van der Waals surface area contributed by atoms with E-state index < -0.39 is 0 Å². The number of aryl methyl sites for hydroxylation is 1. The number of nitrogens with one attached hydrogen (secondary N) is 1. The van der Waals surface area contributed by atoms with Gasteiger partial charge >= 0.3 is 0 Å². The zero-order valence-electron chi connectivity index (χ0n) is 13.5. The highest BCUT2D eigenvalue weighted by molar-refractivity contribution is 5.99. The van der Waals surface area contributed by atoms with Gasteiger partial charge in [-0.25, -0.2) is 0 Å². The molecule has 4 heteroatoms. The average molecular weight is 289 g/mol. The fourth-order valence-corrected chi connectivity index (χ4v) is 2.77. The predicted molar refractivity (Wildman–Crippen MR) is 86.7 cm³/mol. The van der Waals surface area contributed by atoms with Gasteiger partial charge in [0, 0.05) is 31.5 Å². The van der Waals surface area contributed by atoms with E-state index in [-0.39, 0.29) is 5.91 Å². The standard InChI is InChI=1S/C17H27N3O/c1-4-8-18-16-11-14(3)19-12-15(16)17(21)20-9-5-6-13(2)7-10-20/h11-13H,4-10H2,1-3H3,(H,18,19). The van der Waals surface area contributed by atoms with Gasteiger partial charge in [0.05, 0.1) is 11.3 Å². The highest BCUT2D eigenvalue weighted by Crippen LogP contribution is 2.22. The number of carbonyl (C=O) groups is 1. The molecule has 1 aromatic heterocycles. The second-order valence-corrected chi connectivity index (χ2v) is 6.13. The van der Waals surface area contributed by atoms with Crippen molar-refractivity contribution in [2.75, 3.05) is 25.0 Å². The third kappa shape index (κ3) is 4.19. The maximum absolute atomic E-state index is 12.8. The van der Waals surface area contributed by atoms with Crippen molar-refractivity contribution >= 4 is 11.6 Å². The number of hydrogen-bond donors (Lipinski definition) is 1. The van der Waals surface area contributed by atoms with Crippen molar-refractivity contribution in [3.8, 4) is 0 Å². The van der Waals surface area contributed by atoms with Crippen LogP contribution in [-0.2, 0) is 0 Å². The number of carbonyl (C=O) groups excluding carboxylic acids is 1. The smallest absolute Gasteiger partial charge is 0.257 e. The molecule has 0 spiro atoms. The lowest BCUT2D eigenvalue weighted by Crippen LogP contribution is -2.32. The van der Waals surface area contributed by atoms with Gasteiger partial charge in [-0.15, -0.1) is 0 Å². The summed E-state index contributed by atoms with van der Waals surface area (Å²) in [6, 6.07) is 1.98. The highest BCUT2D eigenvalue weighted by atomic mass is 16.2. The number of rotatable bonds is 4. The minimum absolute atomic E-state index is 0.121. The first-order valence-electron chi connectivity index (χ1n) is 8.11. The van der Waals surface area contributed by atoms with E-state index in [2.05, 4.69) is 24.1 Å². The zero-order chi connectivity index (χ0) is 15.2. The number of likely N-dealkylation sites (tertiary alicyclic amines) is 1. The quantitative estimate of drug-likeness (QED) is 0.923. The van der Waals surface area contributed by atoms with Gasteiger partial charge in [0.1, 0.15) is 0 Å². The van der Waals surface area contributed by atoms with E-state index in [9.17, 15) is 4.79 Å². The Hall–Kier alpha value is -1.58. The normalized spacial score (nSPS) is 19.2. The van der Waals surface area contributed by atoms with E-state index in [0.717, 1.165) is 56.2 Å². The molecule has 0 aliphatic carbocycles. The largest absolute Gasteiger partial charge is 0.384 e. The van der Waals surface area contributed by atoms with E-state index in [0.29, 0.717) is 5.56 Å². The minimum atomic E-state index is 0.121. The fourth-order valence-electron chi connectivity index (χ4n) is 2.77. The number of hydrogen-bond acceptors (Lipinski definition) is 3. The molecular weight excluding hydrogens is 262 g/mol. The third-order valence-corrected chi connectivity index (χ3v) is 4.14. The van der Waals surface area contributed by atoms with Crippen LogP contribution in [0.15, 0.2) is 12.3 Å². The van der Waals surface area contributed by atoms with Crippen LogP contribution in [0, 0.1) is 12.8 Å². The molecule has 0 aromatic carbocycles. The van der Waals surface area contributed by atoms with Crippen molar-refractivity contribution in [2.45, 2.75) is 46.5 Å². The predicted octanol–water partition coefficient (Wildman–Crippen LogP) is 3.47. The third-order valence-electron chi connectivity index (χ3n) is 4.14. The molecule has 116 valence electrons. The highest BCUT2D eigenvalue weighted by Gasteiger charge is 2.22. The van der Waals surface area contributed by atoms with Gasteiger partial charge in [-0.3, -0.25) is 9.78 Å². The summed E-state index contributed by atoms with van der Waals surface area (Å²) in [5.41, 5.74) is 2.57. The number of nitrogens with zero attached hydrogens (tertiary/aromatic N) is 2. The summed E-state index contributed by atoms with van der Waals surface area (Å²) in [7, 11) is 0. The Morgan fingerprint density at radius 1 is 1.43 bits per heavy atom.